The lowest BCUT2D eigenvalue weighted by molar-refractivity contribution is 0.189. The molecule has 1 rings (SSSR count). The van der Waals surface area contributed by atoms with Crippen LogP contribution in [0.3, 0.4) is 0 Å². The van der Waals surface area contributed by atoms with Crippen molar-refractivity contribution in [3.8, 4) is 0 Å². The third-order valence-corrected chi connectivity index (χ3v) is 3.69. The van der Waals surface area contributed by atoms with Gasteiger partial charge in [0.2, 0.25) is 0 Å². The summed E-state index contributed by atoms with van der Waals surface area (Å²) in [4.78, 5) is 2.59. The number of nitrogens with zero attached hydrogens (tertiary/aromatic N) is 1. The van der Waals surface area contributed by atoms with Gasteiger partial charge in [-0.05, 0) is 32.2 Å². The van der Waals surface area contributed by atoms with Gasteiger partial charge in [0.15, 0.2) is 0 Å². The second-order valence-electron chi connectivity index (χ2n) is 5.72. The van der Waals surface area contributed by atoms with E-state index in [4.69, 9.17) is 0 Å². The second-order valence-corrected chi connectivity index (χ2v) is 5.72. The van der Waals surface area contributed by atoms with E-state index in [0.29, 0.717) is 6.04 Å². The quantitative estimate of drug-likeness (QED) is 0.718. The first kappa shape index (κ1) is 14.0. The molecular formula is C14H30N2. The maximum atomic E-state index is 3.73. The number of hydrogen-bond donors (Lipinski definition) is 1. The summed E-state index contributed by atoms with van der Waals surface area (Å²) < 4.78 is 0. The van der Waals surface area contributed by atoms with E-state index in [2.05, 4.69) is 37.9 Å². The van der Waals surface area contributed by atoms with E-state index in [1.54, 1.807) is 0 Å². The summed E-state index contributed by atoms with van der Waals surface area (Å²) in [6.07, 6.45) is 5.64. The van der Waals surface area contributed by atoms with Gasteiger partial charge in [-0.25, -0.2) is 0 Å². The van der Waals surface area contributed by atoms with Gasteiger partial charge in [-0.1, -0.05) is 33.6 Å². The van der Waals surface area contributed by atoms with E-state index in [0.717, 1.165) is 18.5 Å². The molecular weight excluding hydrogens is 196 g/mol. The Kier molecular flexibility index (Phi) is 6.37. The minimum absolute atomic E-state index is 0.674. The minimum atomic E-state index is 0.674. The van der Waals surface area contributed by atoms with Crippen LogP contribution in [0.5, 0.6) is 0 Å². The Morgan fingerprint density at radius 3 is 2.31 bits per heavy atom. The number of nitrogens with one attached hydrogen (secondary N) is 1. The van der Waals surface area contributed by atoms with Crippen molar-refractivity contribution in [3.63, 3.8) is 0 Å². The van der Waals surface area contributed by atoms with E-state index >= 15 is 0 Å². The monoisotopic (exact) mass is 226 g/mol. The van der Waals surface area contributed by atoms with Crippen LogP contribution in [0.2, 0.25) is 0 Å². The molecule has 2 heteroatoms. The average Bonchev–Trinajstić information content (AvgIpc) is 2.75. The predicted molar refractivity (Wildman–Crippen MR) is 71.8 cm³/mol. The molecule has 0 heterocycles. The van der Waals surface area contributed by atoms with Crippen LogP contribution in [-0.4, -0.2) is 36.6 Å². The van der Waals surface area contributed by atoms with Crippen molar-refractivity contribution in [2.45, 2.75) is 65.5 Å². The van der Waals surface area contributed by atoms with Crippen LogP contribution < -0.4 is 5.32 Å². The zero-order chi connectivity index (χ0) is 12.0. The molecule has 1 aliphatic carbocycles. The van der Waals surface area contributed by atoms with Crippen LogP contribution in [0, 0.1) is 5.92 Å². The molecule has 0 aromatic rings. The van der Waals surface area contributed by atoms with Gasteiger partial charge >= 0.3 is 0 Å². The maximum Gasteiger partial charge on any atom is 0.0192 e. The lowest BCUT2D eigenvalue weighted by Gasteiger charge is -2.30. The van der Waals surface area contributed by atoms with Crippen molar-refractivity contribution in [1.29, 1.82) is 0 Å². The summed E-state index contributed by atoms with van der Waals surface area (Å²) in [5.74, 6) is 0.772. The van der Waals surface area contributed by atoms with E-state index in [1.165, 1.54) is 38.8 Å². The largest absolute Gasteiger partial charge is 0.312 e. The zero-order valence-electron chi connectivity index (χ0n) is 11.6. The normalized spacial score (nSPS) is 19.9. The molecule has 0 aromatic carbocycles. The van der Waals surface area contributed by atoms with Gasteiger partial charge in [-0.15, -0.1) is 0 Å². The van der Waals surface area contributed by atoms with Crippen LogP contribution >= 0.6 is 0 Å². The van der Waals surface area contributed by atoms with Gasteiger partial charge in [0.1, 0.15) is 0 Å². The molecule has 96 valence electrons. The first-order valence-corrected chi connectivity index (χ1v) is 7.11. The highest BCUT2D eigenvalue weighted by Crippen LogP contribution is 2.17. The summed E-state index contributed by atoms with van der Waals surface area (Å²) in [5.41, 5.74) is 0. The molecule has 16 heavy (non-hydrogen) atoms. The smallest absolute Gasteiger partial charge is 0.0192 e. The lowest BCUT2D eigenvalue weighted by atomic mass is 10.1. The number of rotatable bonds is 7. The van der Waals surface area contributed by atoms with Crippen molar-refractivity contribution >= 4 is 0 Å². The van der Waals surface area contributed by atoms with Crippen molar-refractivity contribution in [1.82, 2.24) is 10.2 Å². The molecule has 1 saturated carbocycles. The first-order chi connectivity index (χ1) is 7.63. The zero-order valence-corrected chi connectivity index (χ0v) is 11.6. The van der Waals surface area contributed by atoms with Crippen LogP contribution in [0.1, 0.15) is 53.4 Å². The first-order valence-electron chi connectivity index (χ1n) is 7.11. The fourth-order valence-electron chi connectivity index (χ4n) is 2.69. The molecule has 0 bridgehead atoms. The van der Waals surface area contributed by atoms with Crippen LogP contribution in [0.4, 0.5) is 0 Å². The minimum Gasteiger partial charge on any atom is -0.312 e. The molecule has 2 nitrogen and oxygen atoms in total. The van der Waals surface area contributed by atoms with Gasteiger partial charge in [0, 0.05) is 25.2 Å². The number of likely N-dealkylation sites (N-methyl/N-ethyl adjacent to an activating group) is 1. The molecule has 0 aromatic heterocycles. The van der Waals surface area contributed by atoms with Gasteiger partial charge in [0.05, 0.1) is 0 Å². The van der Waals surface area contributed by atoms with Gasteiger partial charge in [-0.3, -0.25) is 4.90 Å². The molecule has 0 amide bonds. The summed E-state index contributed by atoms with van der Waals surface area (Å²) in [6, 6.07) is 1.48. The Morgan fingerprint density at radius 1 is 1.19 bits per heavy atom. The fraction of sp³-hybridized carbons (Fsp3) is 1.00. The Morgan fingerprint density at radius 2 is 1.81 bits per heavy atom. The molecule has 1 atom stereocenters. The molecule has 0 saturated heterocycles. The second kappa shape index (κ2) is 7.29. The van der Waals surface area contributed by atoms with Crippen LogP contribution in [-0.2, 0) is 0 Å². The molecule has 0 radical (unpaired) electrons. The third kappa shape index (κ3) is 4.84. The molecule has 0 aliphatic heterocycles. The summed E-state index contributed by atoms with van der Waals surface area (Å²) in [6.45, 7) is 12.8. The molecule has 1 aliphatic rings. The molecule has 1 N–H and O–H groups in total. The van der Waals surface area contributed by atoms with E-state index in [-0.39, 0.29) is 0 Å². The van der Waals surface area contributed by atoms with E-state index < -0.39 is 0 Å². The number of hydrogen-bond acceptors (Lipinski definition) is 2. The standard InChI is InChI=1S/C14H30N2/c1-5-16(11-12(2)3)13(4)10-15-14-8-6-7-9-14/h12-15H,5-11H2,1-4H3. The Bertz CT molecular complexity index is 174. The average molecular weight is 226 g/mol. The van der Waals surface area contributed by atoms with Gasteiger partial charge < -0.3 is 5.32 Å². The third-order valence-electron chi connectivity index (χ3n) is 3.69. The summed E-state index contributed by atoms with van der Waals surface area (Å²) >= 11 is 0. The Balaban J connectivity index is 2.22. The van der Waals surface area contributed by atoms with Crippen molar-refractivity contribution < 1.29 is 0 Å². The van der Waals surface area contributed by atoms with Crippen molar-refractivity contribution in [3.05, 3.63) is 0 Å². The lowest BCUT2D eigenvalue weighted by Crippen LogP contribution is -2.44. The Hall–Kier alpha value is -0.0800. The molecule has 1 fully saturated rings. The molecule has 0 spiro atoms. The van der Waals surface area contributed by atoms with E-state index in [9.17, 15) is 0 Å². The molecule has 1 unspecified atom stereocenters. The van der Waals surface area contributed by atoms with Crippen molar-refractivity contribution in [2.75, 3.05) is 19.6 Å². The Labute approximate surface area is 102 Å². The predicted octanol–water partition coefficient (Wildman–Crippen LogP) is 2.89. The SMILES string of the molecule is CCN(CC(C)C)C(C)CNC1CCCC1. The van der Waals surface area contributed by atoms with Crippen molar-refractivity contribution in [2.24, 2.45) is 5.92 Å². The van der Waals surface area contributed by atoms with E-state index in [1.807, 2.05) is 0 Å². The maximum absolute atomic E-state index is 3.73. The highest BCUT2D eigenvalue weighted by molar-refractivity contribution is 4.77. The van der Waals surface area contributed by atoms with Gasteiger partial charge in [-0.2, -0.15) is 0 Å². The topological polar surface area (TPSA) is 15.3 Å². The fourth-order valence-corrected chi connectivity index (χ4v) is 2.69. The highest BCUT2D eigenvalue weighted by atomic mass is 15.2. The van der Waals surface area contributed by atoms with Crippen LogP contribution in [0.25, 0.3) is 0 Å². The highest BCUT2D eigenvalue weighted by Gasteiger charge is 2.17. The summed E-state index contributed by atoms with van der Waals surface area (Å²) in [5, 5.41) is 3.73. The van der Waals surface area contributed by atoms with Crippen LogP contribution in [0.15, 0.2) is 0 Å². The summed E-state index contributed by atoms with van der Waals surface area (Å²) in [7, 11) is 0. The van der Waals surface area contributed by atoms with Gasteiger partial charge in [0.25, 0.3) is 0 Å².